The predicted octanol–water partition coefficient (Wildman–Crippen LogP) is 1.89. The van der Waals surface area contributed by atoms with Crippen molar-refractivity contribution in [1.29, 1.82) is 0 Å². The summed E-state index contributed by atoms with van der Waals surface area (Å²) < 4.78 is 37.6. The van der Waals surface area contributed by atoms with Gasteiger partial charge in [0.25, 0.3) is 0 Å². The number of carbonyl (C=O) groups excluding carboxylic acids is 2. The largest absolute Gasteiger partial charge is 0.431 e. The van der Waals surface area contributed by atoms with Crippen molar-refractivity contribution < 1.29 is 22.8 Å². The van der Waals surface area contributed by atoms with Gasteiger partial charge in [-0.1, -0.05) is 0 Å². The van der Waals surface area contributed by atoms with Crippen molar-refractivity contribution in [3.8, 4) is 0 Å². The van der Waals surface area contributed by atoms with Crippen LogP contribution in [0.3, 0.4) is 0 Å². The number of ketones is 1. The minimum Gasteiger partial charge on any atom is -0.311 e. The molecular formula is C9H12F3NO2. The first-order valence-electron chi connectivity index (χ1n) is 4.12. The summed E-state index contributed by atoms with van der Waals surface area (Å²) in [4.78, 5) is 22.1. The fourth-order valence-electron chi connectivity index (χ4n) is 0.979. The van der Waals surface area contributed by atoms with Gasteiger partial charge in [0.1, 0.15) is 5.70 Å². The monoisotopic (exact) mass is 223 g/mol. The Labute approximate surface area is 85.5 Å². The molecule has 0 saturated carbocycles. The highest BCUT2D eigenvalue weighted by molar-refractivity contribution is 5.94. The first-order chi connectivity index (χ1) is 6.59. The molecule has 0 aromatic rings. The fourth-order valence-corrected chi connectivity index (χ4v) is 0.979. The van der Waals surface area contributed by atoms with E-state index >= 15 is 0 Å². The molecule has 15 heavy (non-hydrogen) atoms. The summed E-state index contributed by atoms with van der Waals surface area (Å²) >= 11 is 0. The molecule has 1 amide bonds. The van der Waals surface area contributed by atoms with Crippen LogP contribution in [0.2, 0.25) is 0 Å². The lowest BCUT2D eigenvalue weighted by Gasteiger charge is -2.23. The van der Waals surface area contributed by atoms with Crippen LogP contribution >= 0.6 is 0 Å². The molecular weight excluding hydrogens is 211 g/mol. The lowest BCUT2D eigenvalue weighted by Crippen LogP contribution is -2.34. The highest BCUT2D eigenvalue weighted by atomic mass is 19.4. The van der Waals surface area contributed by atoms with E-state index in [2.05, 4.69) is 0 Å². The molecule has 0 unspecified atom stereocenters. The molecule has 0 heterocycles. The number of amides is 1. The molecule has 0 bridgehead atoms. The molecule has 0 fully saturated rings. The summed E-state index contributed by atoms with van der Waals surface area (Å²) in [6.45, 7) is 3.07. The van der Waals surface area contributed by atoms with Gasteiger partial charge in [-0.15, -0.1) is 0 Å². The van der Waals surface area contributed by atoms with Gasteiger partial charge in [0, 0.05) is 19.5 Å². The third-order valence-electron chi connectivity index (χ3n) is 1.96. The Kier molecular flexibility index (Phi) is 4.06. The van der Waals surface area contributed by atoms with Gasteiger partial charge in [0.05, 0.1) is 0 Å². The number of alkyl halides is 3. The molecule has 0 aromatic carbocycles. The molecule has 0 aliphatic heterocycles. The molecule has 0 aliphatic rings. The smallest absolute Gasteiger partial charge is 0.311 e. The molecule has 3 nitrogen and oxygen atoms in total. The Hall–Kier alpha value is -1.33. The van der Waals surface area contributed by atoms with Gasteiger partial charge in [-0.25, -0.2) is 0 Å². The van der Waals surface area contributed by atoms with Gasteiger partial charge < -0.3 is 4.90 Å². The van der Waals surface area contributed by atoms with E-state index in [1.807, 2.05) is 0 Å². The minimum absolute atomic E-state index is 0.427. The number of rotatable bonds is 2. The Morgan fingerprint density at radius 3 is 1.67 bits per heavy atom. The van der Waals surface area contributed by atoms with Gasteiger partial charge in [-0.2, -0.15) is 13.2 Å². The summed E-state index contributed by atoms with van der Waals surface area (Å²) in [6, 6.07) is 0. The van der Waals surface area contributed by atoms with Crippen molar-refractivity contribution >= 4 is 11.7 Å². The SMILES string of the molecule is CC(=O)/C(C)=C(\N(C)C(C)=O)C(F)(F)F. The van der Waals surface area contributed by atoms with Crippen molar-refractivity contribution in [2.24, 2.45) is 0 Å². The van der Waals surface area contributed by atoms with E-state index in [0.717, 1.165) is 27.8 Å². The molecule has 0 radical (unpaired) electrons. The molecule has 0 atom stereocenters. The van der Waals surface area contributed by atoms with E-state index in [0.29, 0.717) is 4.90 Å². The molecule has 86 valence electrons. The first kappa shape index (κ1) is 13.7. The summed E-state index contributed by atoms with van der Waals surface area (Å²) in [5.74, 6) is -1.49. The number of hydrogen-bond acceptors (Lipinski definition) is 2. The third-order valence-corrected chi connectivity index (χ3v) is 1.96. The van der Waals surface area contributed by atoms with Gasteiger partial charge in [-0.3, -0.25) is 9.59 Å². The molecule has 0 aliphatic carbocycles. The van der Waals surface area contributed by atoms with E-state index in [4.69, 9.17) is 0 Å². The van der Waals surface area contributed by atoms with Crippen LogP contribution in [0.1, 0.15) is 20.8 Å². The third kappa shape index (κ3) is 3.38. The second-order valence-corrected chi connectivity index (χ2v) is 3.11. The summed E-state index contributed by atoms with van der Waals surface area (Å²) in [6.07, 6.45) is -4.71. The van der Waals surface area contributed by atoms with Crippen molar-refractivity contribution in [3.05, 3.63) is 11.3 Å². The molecule has 6 heteroatoms. The van der Waals surface area contributed by atoms with Crippen LogP contribution in [0.15, 0.2) is 11.3 Å². The van der Waals surface area contributed by atoms with Crippen LogP contribution in [0.4, 0.5) is 13.2 Å². The van der Waals surface area contributed by atoms with Crippen LogP contribution in [0.5, 0.6) is 0 Å². The lowest BCUT2D eigenvalue weighted by molar-refractivity contribution is -0.139. The topological polar surface area (TPSA) is 37.4 Å². The molecule has 0 rings (SSSR count). The average molecular weight is 223 g/mol. The second-order valence-electron chi connectivity index (χ2n) is 3.11. The van der Waals surface area contributed by atoms with Crippen LogP contribution < -0.4 is 0 Å². The zero-order valence-corrected chi connectivity index (χ0v) is 8.90. The Morgan fingerprint density at radius 2 is 1.47 bits per heavy atom. The Bertz CT molecular complexity index is 318. The minimum atomic E-state index is -4.71. The molecule has 0 spiro atoms. The highest BCUT2D eigenvalue weighted by Crippen LogP contribution is 2.30. The number of halogens is 3. The molecule has 0 aromatic heterocycles. The maximum absolute atomic E-state index is 12.5. The summed E-state index contributed by atoms with van der Waals surface area (Å²) in [5.41, 5.74) is -1.68. The molecule has 0 N–H and O–H groups in total. The van der Waals surface area contributed by atoms with Crippen molar-refractivity contribution in [2.45, 2.75) is 26.9 Å². The van der Waals surface area contributed by atoms with Crippen LogP contribution in [-0.4, -0.2) is 29.8 Å². The summed E-state index contributed by atoms with van der Waals surface area (Å²) in [7, 11) is 0.984. The van der Waals surface area contributed by atoms with Crippen molar-refractivity contribution in [3.63, 3.8) is 0 Å². The van der Waals surface area contributed by atoms with Crippen LogP contribution in [0.25, 0.3) is 0 Å². The van der Waals surface area contributed by atoms with Gasteiger partial charge in [-0.05, 0) is 13.8 Å². The average Bonchev–Trinajstić information content (AvgIpc) is 2.01. The normalized spacial score (nSPS) is 13.3. The van der Waals surface area contributed by atoms with Crippen molar-refractivity contribution in [2.75, 3.05) is 7.05 Å². The zero-order chi connectivity index (χ0) is 12.4. The Morgan fingerprint density at radius 1 is 1.07 bits per heavy atom. The number of carbonyl (C=O) groups is 2. The van der Waals surface area contributed by atoms with Gasteiger partial charge >= 0.3 is 6.18 Å². The summed E-state index contributed by atoms with van der Waals surface area (Å²) in [5, 5.41) is 0. The lowest BCUT2D eigenvalue weighted by atomic mass is 10.1. The molecule has 0 saturated heterocycles. The number of allylic oxidation sites excluding steroid dienone is 2. The predicted molar refractivity (Wildman–Crippen MR) is 47.9 cm³/mol. The van der Waals surface area contributed by atoms with Crippen molar-refractivity contribution in [1.82, 2.24) is 4.90 Å². The van der Waals surface area contributed by atoms with E-state index in [-0.39, 0.29) is 0 Å². The first-order valence-corrected chi connectivity index (χ1v) is 4.12. The van der Waals surface area contributed by atoms with E-state index in [1.54, 1.807) is 0 Å². The number of Topliss-reactive ketones (excluding diaryl/α,β-unsaturated/α-hetero) is 1. The fraction of sp³-hybridized carbons (Fsp3) is 0.556. The zero-order valence-electron chi connectivity index (χ0n) is 8.90. The Balaban J connectivity index is 5.55. The van der Waals surface area contributed by atoms with E-state index in [1.165, 1.54) is 0 Å². The maximum Gasteiger partial charge on any atom is 0.431 e. The quantitative estimate of drug-likeness (QED) is 0.670. The van der Waals surface area contributed by atoms with Crippen LogP contribution in [-0.2, 0) is 9.59 Å². The second kappa shape index (κ2) is 4.46. The van der Waals surface area contributed by atoms with E-state index < -0.39 is 29.1 Å². The van der Waals surface area contributed by atoms with Gasteiger partial charge in [0.2, 0.25) is 5.91 Å². The number of hydrogen-bond donors (Lipinski definition) is 0. The maximum atomic E-state index is 12.5. The number of nitrogens with zero attached hydrogens (tertiary/aromatic N) is 1. The van der Waals surface area contributed by atoms with Crippen LogP contribution in [0, 0.1) is 0 Å². The van der Waals surface area contributed by atoms with Gasteiger partial charge in [0.15, 0.2) is 5.78 Å². The standard InChI is InChI=1S/C9H12F3NO2/c1-5(6(2)14)8(9(10,11)12)13(4)7(3)15/h1-4H3/b8-5-. The highest BCUT2D eigenvalue weighted by Gasteiger charge is 2.40. The van der Waals surface area contributed by atoms with E-state index in [9.17, 15) is 22.8 Å².